The third-order valence-electron chi connectivity index (χ3n) is 5.50. The van der Waals surface area contributed by atoms with Crippen LogP contribution in [0, 0.1) is 11.8 Å². The molecule has 2 aliphatic rings. The van der Waals surface area contributed by atoms with Gasteiger partial charge in [-0.2, -0.15) is 0 Å². The van der Waals surface area contributed by atoms with Crippen LogP contribution >= 0.6 is 0 Å². The van der Waals surface area contributed by atoms with E-state index in [1.54, 1.807) is 0 Å². The minimum Gasteiger partial charge on any atom is -0.381 e. The summed E-state index contributed by atoms with van der Waals surface area (Å²) in [6, 6.07) is 0.718. The molecule has 0 radical (unpaired) electrons. The van der Waals surface area contributed by atoms with Gasteiger partial charge in [0.25, 0.3) is 0 Å². The van der Waals surface area contributed by atoms with E-state index in [9.17, 15) is 0 Å². The van der Waals surface area contributed by atoms with Gasteiger partial charge in [0.05, 0.1) is 0 Å². The number of nitrogens with one attached hydrogen (secondary N) is 1. The van der Waals surface area contributed by atoms with Gasteiger partial charge in [-0.25, -0.2) is 0 Å². The van der Waals surface area contributed by atoms with Crippen LogP contribution in [-0.4, -0.2) is 50.3 Å². The van der Waals surface area contributed by atoms with Crippen molar-refractivity contribution in [1.29, 1.82) is 0 Å². The fourth-order valence-electron chi connectivity index (χ4n) is 3.82. The van der Waals surface area contributed by atoms with Crippen molar-refractivity contribution in [2.24, 2.45) is 11.8 Å². The first kappa shape index (κ1) is 15.3. The molecule has 2 rings (SSSR count). The Bertz CT molecular complexity index is 274. The normalized spacial score (nSPS) is 35.5. The van der Waals surface area contributed by atoms with Gasteiger partial charge in [0.2, 0.25) is 0 Å². The molecule has 1 aliphatic carbocycles. The molecule has 1 aliphatic heterocycles. The minimum atomic E-state index is 0.307. The quantitative estimate of drug-likeness (QED) is 0.848. The number of hydrogen-bond donors (Lipinski definition) is 1. The summed E-state index contributed by atoms with van der Waals surface area (Å²) < 4.78 is 5.55. The van der Waals surface area contributed by atoms with Crippen LogP contribution in [0.3, 0.4) is 0 Å². The third kappa shape index (κ3) is 3.71. The van der Waals surface area contributed by atoms with Gasteiger partial charge in [0, 0.05) is 31.3 Å². The summed E-state index contributed by atoms with van der Waals surface area (Å²) in [6.07, 6.45) is 6.44. The largest absolute Gasteiger partial charge is 0.381 e. The molecule has 1 N–H and O–H groups in total. The minimum absolute atomic E-state index is 0.307. The Kier molecular flexibility index (Phi) is 5.27. The van der Waals surface area contributed by atoms with Crippen molar-refractivity contribution in [3.05, 3.63) is 0 Å². The summed E-state index contributed by atoms with van der Waals surface area (Å²) >= 11 is 0. The zero-order valence-electron chi connectivity index (χ0n) is 13.2. The van der Waals surface area contributed by atoms with Crippen LogP contribution in [0.2, 0.25) is 0 Å². The second-order valence-corrected chi connectivity index (χ2v) is 7.11. The molecule has 3 atom stereocenters. The first-order valence-electron chi connectivity index (χ1n) is 8.02. The van der Waals surface area contributed by atoms with Crippen LogP contribution in [0.25, 0.3) is 0 Å². The summed E-state index contributed by atoms with van der Waals surface area (Å²) in [5.41, 5.74) is 0.307. The van der Waals surface area contributed by atoms with Crippen LogP contribution in [0.15, 0.2) is 0 Å². The first-order valence-corrected chi connectivity index (χ1v) is 8.02. The molecule has 3 nitrogen and oxygen atoms in total. The van der Waals surface area contributed by atoms with E-state index < -0.39 is 0 Å². The van der Waals surface area contributed by atoms with E-state index in [4.69, 9.17) is 4.74 Å². The van der Waals surface area contributed by atoms with Crippen molar-refractivity contribution in [3.8, 4) is 0 Å². The molecule has 0 spiro atoms. The average Bonchev–Trinajstić information content (AvgIpc) is 2.38. The summed E-state index contributed by atoms with van der Waals surface area (Å²) in [7, 11) is 4.44. The molecule has 0 amide bonds. The second-order valence-electron chi connectivity index (χ2n) is 7.11. The Balaban J connectivity index is 1.88. The standard InChI is InChI=1S/C16H32N2O/c1-13-5-6-15(14(2)11-13)17-12-16(18(3)4)7-9-19-10-8-16/h13-15,17H,5-12H2,1-4H3. The molecule has 0 bridgehead atoms. The number of ether oxygens (including phenoxy) is 1. The molecule has 1 saturated carbocycles. The lowest BCUT2D eigenvalue weighted by Crippen LogP contribution is -2.57. The van der Waals surface area contributed by atoms with Crippen LogP contribution in [0.1, 0.15) is 46.0 Å². The van der Waals surface area contributed by atoms with Crippen molar-refractivity contribution in [2.45, 2.75) is 57.5 Å². The van der Waals surface area contributed by atoms with Crippen LogP contribution in [0.4, 0.5) is 0 Å². The van der Waals surface area contributed by atoms with Crippen molar-refractivity contribution in [3.63, 3.8) is 0 Å². The lowest BCUT2D eigenvalue weighted by Gasteiger charge is -2.45. The monoisotopic (exact) mass is 268 g/mol. The van der Waals surface area contributed by atoms with Gasteiger partial charge in [-0.3, -0.25) is 0 Å². The van der Waals surface area contributed by atoms with E-state index in [0.29, 0.717) is 5.54 Å². The maximum absolute atomic E-state index is 5.55. The highest BCUT2D eigenvalue weighted by Crippen LogP contribution is 2.30. The number of hydrogen-bond acceptors (Lipinski definition) is 3. The lowest BCUT2D eigenvalue weighted by atomic mass is 9.79. The van der Waals surface area contributed by atoms with Crippen LogP contribution < -0.4 is 5.32 Å². The number of rotatable bonds is 4. The van der Waals surface area contributed by atoms with Crippen molar-refractivity contribution in [1.82, 2.24) is 10.2 Å². The van der Waals surface area contributed by atoms with E-state index in [0.717, 1.165) is 50.5 Å². The van der Waals surface area contributed by atoms with Gasteiger partial charge in [-0.05, 0) is 58.0 Å². The van der Waals surface area contributed by atoms with E-state index in [1.807, 2.05) is 0 Å². The van der Waals surface area contributed by atoms with Gasteiger partial charge in [-0.15, -0.1) is 0 Å². The predicted octanol–water partition coefficient (Wildman–Crippen LogP) is 2.51. The van der Waals surface area contributed by atoms with E-state index in [2.05, 4.69) is 38.2 Å². The molecule has 3 heteroatoms. The Morgan fingerprint density at radius 2 is 1.84 bits per heavy atom. The molecular weight excluding hydrogens is 236 g/mol. The van der Waals surface area contributed by atoms with Gasteiger partial charge in [0.15, 0.2) is 0 Å². The highest BCUT2D eigenvalue weighted by Gasteiger charge is 2.36. The van der Waals surface area contributed by atoms with Gasteiger partial charge in [0.1, 0.15) is 0 Å². The van der Waals surface area contributed by atoms with Crippen molar-refractivity contribution < 1.29 is 4.74 Å². The zero-order chi connectivity index (χ0) is 13.9. The first-order chi connectivity index (χ1) is 9.03. The molecule has 112 valence electrons. The maximum Gasteiger partial charge on any atom is 0.0484 e. The van der Waals surface area contributed by atoms with E-state index in [1.165, 1.54) is 19.3 Å². The maximum atomic E-state index is 5.55. The molecule has 2 fully saturated rings. The fraction of sp³-hybridized carbons (Fsp3) is 1.00. The fourth-order valence-corrected chi connectivity index (χ4v) is 3.82. The van der Waals surface area contributed by atoms with Gasteiger partial charge in [-0.1, -0.05) is 13.8 Å². The third-order valence-corrected chi connectivity index (χ3v) is 5.50. The van der Waals surface area contributed by atoms with Crippen molar-refractivity contribution >= 4 is 0 Å². The zero-order valence-corrected chi connectivity index (χ0v) is 13.2. The van der Waals surface area contributed by atoms with Gasteiger partial charge < -0.3 is 15.0 Å². The van der Waals surface area contributed by atoms with Crippen molar-refractivity contribution in [2.75, 3.05) is 33.9 Å². The Labute approximate surface area is 119 Å². The van der Waals surface area contributed by atoms with Crippen LogP contribution in [-0.2, 0) is 4.74 Å². The summed E-state index contributed by atoms with van der Waals surface area (Å²) in [5, 5.41) is 3.89. The molecule has 0 aromatic carbocycles. The number of nitrogens with zero attached hydrogens (tertiary/aromatic N) is 1. The Morgan fingerprint density at radius 3 is 2.42 bits per heavy atom. The summed E-state index contributed by atoms with van der Waals surface area (Å²) in [6.45, 7) is 7.76. The molecule has 0 aromatic rings. The highest BCUT2D eigenvalue weighted by molar-refractivity contribution is 4.94. The second kappa shape index (κ2) is 6.55. The predicted molar refractivity (Wildman–Crippen MR) is 80.4 cm³/mol. The molecular formula is C16H32N2O. The van der Waals surface area contributed by atoms with E-state index in [-0.39, 0.29) is 0 Å². The SMILES string of the molecule is CC1CCC(NCC2(N(C)C)CCOCC2)C(C)C1. The smallest absolute Gasteiger partial charge is 0.0484 e. The molecule has 1 heterocycles. The summed E-state index contributed by atoms with van der Waals surface area (Å²) in [4.78, 5) is 2.42. The molecule has 3 unspecified atom stereocenters. The molecule has 0 aromatic heterocycles. The molecule has 1 saturated heterocycles. The topological polar surface area (TPSA) is 24.5 Å². The molecule has 19 heavy (non-hydrogen) atoms. The Morgan fingerprint density at radius 1 is 1.16 bits per heavy atom. The summed E-state index contributed by atoms with van der Waals surface area (Å²) in [5.74, 6) is 1.74. The van der Waals surface area contributed by atoms with Crippen LogP contribution in [0.5, 0.6) is 0 Å². The highest BCUT2D eigenvalue weighted by atomic mass is 16.5. The van der Waals surface area contributed by atoms with Gasteiger partial charge >= 0.3 is 0 Å². The van der Waals surface area contributed by atoms with E-state index >= 15 is 0 Å². The average molecular weight is 268 g/mol. The lowest BCUT2D eigenvalue weighted by molar-refractivity contribution is -0.00998. The number of likely N-dealkylation sites (N-methyl/N-ethyl adjacent to an activating group) is 1. The Hall–Kier alpha value is -0.120.